The molecule has 0 radical (unpaired) electrons. The molecule has 1 aromatic rings. The Labute approximate surface area is 160 Å². The minimum Gasteiger partial charge on any atom is -0.481 e. The molecule has 6 nitrogen and oxygen atoms in total. The summed E-state index contributed by atoms with van der Waals surface area (Å²) in [4.78, 5) is 25.0. The van der Waals surface area contributed by atoms with Gasteiger partial charge in [0, 0.05) is 33.0 Å². The van der Waals surface area contributed by atoms with Gasteiger partial charge in [-0.05, 0) is 44.1 Å². The van der Waals surface area contributed by atoms with E-state index in [1.54, 1.807) is 0 Å². The lowest BCUT2D eigenvalue weighted by Crippen LogP contribution is -2.50. The Bertz CT molecular complexity index is 645. The number of carbonyl (C=O) groups is 2. The predicted molar refractivity (Wildman–Crippen MR) is 101 cm³/mol. The first-order valence-electron chi connectivity index (χ1n) is 9.77. The number of rotatable bonds is 6. The summed E-state index contributed by atoms with van der Waals surface area (Å²) in [6.07, 6.45) is 2.67. The second kappa shape index (κ2) is 8.85. The number of carboxylic acids is 1. The van der Waals surface area contributed by atoms with E-state index >= 15 is 0 Å². The van der Waals surface area contributed by atoms with Crippen LogP contribution in [0.4, 0.5) is 0 Å². The van der Waals surface area contributed by atoms with Crippen LogP contribution in [0.3, 0.4) is 0 Å². The Morgan fingerprint density at radius 3 is 2.30 bits per heavy atom. The van der Waals surface area contributed by atoms with E-state index in [0.717, 1.165) is 24.0 Å². The number of aryl methyl sites for hydroxylation is 1. The van der Waals surface area contributed by atoms with Crippen LogP contribution in [0.15, 0.2) is 24.3 Å². The Balaban J connectivity index is 1.74. The van der Waals surface area contributed by atoms with Crippen LogP contribution in [0, 0.1) is 18.8 Å². The highest BCUT2D eigenvalue weighted by molar-refractivity contribution is 5.88. The van der Waals surface area contributed by atoms with E-state index in [1.165, 1.54) is 0 Å². The standard InChI is InChI=1S/C21H29NO5/c1-15-2-4-17(5-3-15)21(8-12-27-13-9-21)20(25)22-14-18(19(23)24)16-6-10-26-11-7-16/h2-5,16,18H,6-14H2,1H3,(H,22,25)(H,23,24). The molecule has 2 aliphatic heterocycles. The fraction of sp³-hybridized carbons (Fsp3) is 0.619. The smallest absolute Gasteiger partial charge is 0.308 e. The SMILES string of the molecule is Cc1ccc(C2(C(=O)NCC(C(=O)O)C3CCOCC3)CCOCC2)cc1. The molecular formula is C21H29NO5. The third-order valence-corrected chi connectivity index (χ3v) is 6.02. The van der Waals surface area contributed by atoms with Gasteiger partial charge in [0.15, 0.2) is 0 Å². The van der Waals surface area contributed by atoms with Crippen molar-refractivity contribution in [3.05, 3.63) is 35.4 Å². The van der Waals surface area contributed by atoms with Gasteiger partial charge in [0.05, 0.1) is 11.3 Å². The Kier molecular flexibility index (Phi) is 6.50. The highest BCUT2D eigenvalue weighted by atomic mass is 16.5. The van der Waals surface area contributed by atoms with Gasteiger partial charge in [0.1, 0.15) is 0 Å². The maximum Gasteiger partial charge on any atom is 0.308 e. The van der Waals surface area contributed by atoms with Crippen molar-refractivity contribution in [2.45, 2.75) is 38.0 Å². The summed E-state index contributed by atoms with van der Waals surface area (Å²) < 4.78 is 10.8. The molecule has 2 fully saturated rings. The van der Waals surface area contributed by atoms with Gasteiger partial charge in [-0.25, -0.2) is 0 Å². The predicted octanol–water partition coefficient (Wildman–Crippen LogP) is 2.29. The second-order valence-electron chi connectivity index (χ2n) is 7.67. The van der Waals surface area contributed by atoms with Crippen LogP contribution in [-0.4, -0.2) is 50.0 Å². The summed E-state index contributed by atoms with van der Waals surface area (Å²) in [5.74, 6) is -1.47. The third kappa shape index (κ3) is 4.50. The van der Waals surface area contributed by atoms with Gasteiger partial charge in [0.2, 0.25) is 5.91 Å². The van der Waals surface area contributed by atoms with E-state index in [9.17, 15) is 14.7 Å². The summed E-state index contributed by atoms with van der Waals surface area (Å²) in [6.45, 7) is 4.42. The summed E-state index contributed by atoms with van der Waals surface area (Å²) in [5, 5.41) is 12.6. The quantitative estimate of drug-likeness (QED) is 0.797. The van der Waals surface area contributed by atoms with Crippen molar-refractivity contribution < 1.29 is 24.2 Å². The van der Waals surface area contributed by atoms with Crippen LogP contribution in [0.2, 0.25) is 0 Å². The van der Waals surface area contributed by atoms with E-state index in [-0.39, 0.29) is 18.4 Å². The number of amides is 1. The Hall–Kier alpha value is -1.92. The molecule has 2 heterocycles. The molecule has 2 saturated heterocycles. The monoisotopic (exact) mass is 375 g/mol. The van der Waals surface area contributed by atoms with Crippen LogP contribution in [0.1, 0.15) is 36.8 Å². The molecule has 0 aromatic heterocycles. The molecule has 0 spiro atoms. The highest BCUT2D eigenvalue weighted by Gasteiger charge is 2.42. The maximum absolute atomic E-state index is 13.2. The van der Waals surface area contributed by atoms with Gasteiger partial charge < -0.3 is 19.9 Å². The number of carbonyl (C=O) groups excluding carboxylic acids is 1. The zero-order valence-corrected chi connectivity index (χ0v) is 15.9. The number of ether oxygens (including phenoxy) is 2. The number of carboxylic acid groups (broad SMARTS) is 1. The Morgan fingerprint density at radius 1 is 1.11 bits per heavy atom. The van der Waals surface area contributed by atoms with Gasteiger partial charge in [-0.3, -0.25) is 9.59 Å². The molecule has 6 heteroatoms. The van der Waals surface area contributed by atoms with Crippen molar-refractivity contribution >= 4 is 11.9 Å². The molecule has 1 unspecified atom stereocenters. The molecular weight excluding hydrogens is 346 g/mol. The number of aliphatic carboxylic acids is 1. The molecule has 2 aliphatic rings. The van der Waals surface area contributed by atoms with Crippen LogP contribution in [-0.2, 0) is 24.5 Å². The molecule has 0 aliphatic carbocycles. The fourth-order valence-corrected chi connectivity index (χ4v) is 4.18. The van der Waals surface area contributed by atoms with Crippen LogP contribution >= 0.6 is 0 Å². The van der Waals surface area contributed by atoms with E-state index in [0.29, 0.717) is 39.3 Å². The second-order valence-corrected chi connectivity index (χ2v) is 7.67. The van der Waals surface area contributed by atoms with Gasteiger partial charge in [-0.1, -0.05) is 29.8 Å². The third-order valence-electron chi connectivity index (χ3n) is 6.02. The van der Waals surface area contributed by atoms with Crippen molar-refractivity contribution in [3.63, 3.8) is 0 Å². The van der Waals surface area contributed by atoms with Gasteiger partial charge in [-0.15, -0.1) is 0 Å². The van der Waals surface area contributed by atoms with Gasteiger partial charge >= 0.3 is 5.97 Å². The van der Waals surface area contributed by atoms with Crippen molar-refractivity contribution in [2.24, 2.45) is 11.8 Å². The van der Waals surface area contributed by atoms with Crippen LogP contribution < -0.4 is 5.32 Å². The van der Waals surface area contributed by atoms with Crippen LogP contribution in [0.5, 0.6) is 0 Å². The molecule has 3 rings (SSSR count). The molecule has 0 saturated carbocycles. The van der Waals surface area contributed by atoms with Gasteiger partial charge in [0.25, 0.3) is 0 Å². The first-order valence-corrected chi connectivity index (χ1v) is 9.77. The number of hydrogen-bond acceptors (Lipinski definition) is 4. The maximum atomic E-state index is 13.2. The molecule has 0 bridgehead atoms. The number of nitrogens with one attached hydrogen (secondary N) is 1. The van der Waals surface area contributed by atoms with E-state index in [4.69, 9.17) is 9.47 Å². The lowest BCUT2D eigenvalue weighted by atomic mass is 9.73. The topological polar surface area (TPSA) is 84.9 Å². The normalized spacial score (nSPS) is 21.4. The first-order chi connectivity index (χ1) is 13.0. The largest absolute Gasteiger partial charge is 0.481 e. The first kappa shape index (κ1) is 19.8. The van der Waals surface area contributed by atoms with Crippen LogP contribution in [0.25, 0.3) is 0 Å². The number of hydrogen-bond donors (Lipinski definition) is 2. The minimum absolute atomic E-state index is 0.0431. The highest BCUT2D eigenvalue weighted by Crippen LogP contribution is 2.35. The van der Waals surface area contributed by atoms with Crippen molar-refractivity contribution in [1.82, 2.24) is 5.32 Å². The minimum atomic E-state index is -0.849. The van der Waals surface area contributed by atoms with E-state index < -0.39 is 17.3 Å². The molecule has 27 heavy (non-hydrogen) atoms. The zero-order chi connectivity index (χ0) is 19.3. The molecule has 148 valence electrons. The summed E-state index contributed by atoms with van der Waals surface area (Å²) in [6, 6.07) is 8.05. The average Bonchev–Trinajstić information content (AvgIpc) is 2.69. The molecule has 1 amide bonds. The lowest BCUT2D eigenvalue weighted by molar-refractivity contribution is -0.145. The van der Waals surface area contributed by atoms with Crippen molar-refractivity contribution in [2.75, 3.05) is 33.0 Å². The van der Waals surface area contributed by atoms with E-state index in [2.05, 4.69) is 5.32 Å². The average molecular weight is 375 g/mol. The van der Waals surface area contributed by atoms with Gasteiger partial charge in [-0.2, -0.15) is 0 Å². The molecule has 2 N–H and O–H groups in total. The van der Waals surface area contributed by atoms with Crippen molar-refractivity contribution in [3.8, 4) is 0 Å². The molecule has 1 aromatic carbocycles. The summed E-state index contributed by atoms with van der Waals surface area (Å²) >= 11 is 0. The fourth-order valence-electron chi connectivity index (χ4n) is 4.18. The Morgan fingerprint density at radius 2 is 1.70 bits per heavy atom. The van der Waals surface area contributed by atoms with E-state index in [1.807, 2.05) is 31.2 Å². The number of benzene rings is 1. The van der Waals surface area contributed by atoms with Crippen molar-refractivity contribution in [1.29, 1.82) is 0 Å². The lowest BCUT2D eigenvalue weighted by Gasteiger charge is -2.37. The summed E-state index contributed by atoms with van der Waals surface area (Å²) in [5.41, 5.74) is 1.48. The summed E-state index contributed by atoms with van der Waals surface area (Å²) in [7, 11) is 0. The zero-order valence-electron chi connectivity index (χ0n) is 15.9. The molecule has 1 atom stereocenters.